The molecule has 1 heterocycles. The highest BCUT2D eigenvalue weighted by atomic mass is 35.5. The third kappa shape index (κ3) is 3.96. The van der Waals surface area contributed by atoms with E-state index in [-0.39, 0.29) is 11.5 Å². The van der Waals surface area contributed by atoms with Gasteiger partial charge in [0, 0.05) is 0 Å². The average Bonchev–Trinajstić information content (AvgIpc) is 2.84. The number of ether oxygens (including phenoxy) is 1. The molecule has 1 amide bonds. The van der Waals surface area contributed by atoms with Crippen LogP contribution in [0.15, 0.2) is 30.5 Å². The van der Waals surface area contributed by atoms with E-state index >= 15 is 0 Å². The zero-order chi connectivity index (χ0) is 16.3. The van der Waals surface area contributed by atoms with E-state index in [0.29, 0.717) is 15.2 Å². The van der Waals surface area contributed by atoms with Crippen molar-refractivity contribution >= 4 is 39.9 Å². The van der Waals surface area contributed by atoms with E-state index in [9.17, 15) is 9.59 Å². The Morgan fingerprint density at radius 3 is 2.45 bits per heavy atom. The van der Waals surface area contributed by atoms with Gasteiger partial charge in [0.05, 0.1) is 11.8 Å². The second-order valence-corrected chi connectivity index (χ2v) is 6.53. The molecule has 2 N–H and O–H groups in total. The number of anilines is 1. The fourth-order valence-corrected chi connectivity index (χ4v) is 2.37. The third-order valence-electron chi connectivity index (χ3n) is 2.72. The van der Waals surface area contributed by atoms with Crippen molar-refractivity contribution in [1.29, 1.82) is 0 Å². The van der Waals surface area contributed by atoms with Gasteiger partial charge in [-0.15, -0.1) is 0 Å². The van der Waals surface area contributed by atoms with Crippen molar-refractivity contribution in [3.05, 3.63) is 40.4 Å². The summed E-state index contributed by atoms with van der Waals surface area (Å²) >= 11 is 6.90. The fourth-order valence-electron chi connectivity index (χ4n) is 1.57. The van der Waals surface area contributed by atoms with Crippen LogP contribution < -0.4 is 10.1 Å². The number of benzene rings is 1. The van der Waals surface area contributed by atoms with Gasteiger partial charge < -0.3 is 9.84 Å². The number of carboxylic acid groups (broad SMARTS) is 1. The van der Waals surface area contributed by atoms with Gasteiger partial charge in [-0.25, -0.2) is 9.78 Å². The predicted octanol–water partition coefficient (Wildman–Crippen LogP) is 3.29. The molecule has 0 fully saturated rings. The summed E-state index contributed by atoms with van der Waals surface area (Å²) in [6.07, 6.45) is 1.44. The van der Waals surface area contributed by atoms with Crippen molar-refractivity contribution in [3.63, 3.8) is 0 Å². The number of aromatic nitrogens is 1. The SMILES string of the molecule is CC(C)(Oc1ccc(C(=O)O)cc1)C(=O)Nc1ncc(Cl)s1. The highest BCUT2D eigenvalue weighted by Gasteiger charge is 2.30. The molecule has 8 heteroatoms. The van der Waals surface area contributed by atoms with E-state index in [1.165, 1.54) is 30.5 Å². The van der Waals surface area contributed by atoms with Crippen LogP contribution in [0, 0.1) is 0 Å². The van der Waals surface area contributed by atoms with Crippen molar-refractivity contribution in [2.75, 3.05) is 5.32 Å². The number of hydrogen-bond donors (Lipinski definition) is 2. The molecule has 0 aliphatic carbocycles. The summed E-state index contributed by atoms with van der Waals surface area (Å²) in [6, 6.07) is 5.82. The molecule has 0 aliphatic heterocycles. The Labute approximate surface area is 135 Å². The van der Waals surface area contributed by atoms with Gasteiger partial charge in [-0.2, -0.15) is 0 Å². The zero-order valence-corrected chi connectivity index (χ0v) is 13.4. The minimum atomic E-state index is -1.16. The lowest BCUT2D eigenvalue weighted by Crippen LogP contribution is -2.42. The minimum absolute atomic E-state index is 0.145. The summed E-state index contributed by atoms with van der Waals surface area (Å²) in [5.74, 6) is -1.02. The first-order valence-electron chi connectivity index (χ1n) is 6.23. The van der Waals surface area contributed by atoms with Crippen LogP contribution in [-0.4, -0.2) is 27.6 Å². The molecule has 0 aliphatic rings. The smallest absolute Gasteiger partial charge is 0.335 e. The van der Waals surface area contributed by atoms with Crippen LogP contribution in [0.4, 0.5) is 5.13 Å². The van der Waals surface area contributed by atoms with Gasteiger partial charge in [0.25, 0.3) is 5.91 Å². The van der Waals surface area contributed by atoms with Gasteiger partial charge in [-0.3, -0.25) is 10.1 Å². The predicted molar refractivity (Wildman–Crippen MR) is 83.9 cm³/mol. The summed E-state index contributed by atoms with van der Waals surface area (Å²) in [5.41, 5.74) is -1.02. The number of carbonyl (C=O) groups is 2. The maximum Gasteiger partial charge on any atom is 0.335 e. The summed E-state index contributed by atoms with van der Waals surface area (Å²) < 4.78 is 6.09. The molecule has 116 valence electrons. The molecule has 2 aromatic rings. The maximum atomic E-state index is 12.2. The maximum absolute atomic E-state index is 12.2. The lowest BCUT2D eigenvalue weighted by Gasteiger charge is -2.24. The second-order valence-electron chi connectivity index (χ2n) is 4.87. The molecule has 0 saturated heterocycles. The van der Waals surface area contributed by atoms with E-state index in [1.54, 1.807) is 13.8 Å². The van der Waals surface area contributed by atoms with Crippen LogP contribution in [-0.2, 0) is 4.79 Å². The Hall–Kier alpha value is -2.12. The van der Waals surface area contributed by atoms with E-state index < -0.39 is 11.6 Å². The largest absolute Gasteiger partial charge is 0.478 e. The molecular weight excluding hydrogens is 328 g/mol. The number of hydrogen-bond acceptors (Lipinski definition) is 5. The number of nitrogens with zero attached hydrogens (tertiary/aromatic N) is 1. The Bertz CT molecular complexity index is 697. The number of halogens is 1. The summed E-state index contributed by atoms with van der Waals surface area (Å²) in [5, 5.41) is 11.8. The molecule has 22 heavy (non-hydrogen) atoms. The molecule has 0 atom stereocenters. The molecule has 0 spiro atoms. The van der Waals surface area contributed by atoms with Crippen molar-refractivity contribution in [2.45, 2.75) is 19.4 Å². The molecule has 6 nitrogen and oxygen atoms in total. The van der Waals surface area contributed by atoms with E-state index in [4.69, 9.17) is 21.4 Å². The van der Waals surface area contributed by atoms with Gasteiger partial charge in [-0.1, -0.05) is 22.9 Å². The van der Waals surface area contributed by atoms with Crippen molar-refractivity contribution < 1.29 is 19.4 Å². The summed E-state index contributed by atoms with van der Waals surface area (Å²) in [4.78, 5) is 26.9. The van der Waals surface area contributed by atoms with Crippen molar-refractivity contribution in [2.24, 2.45) is 0 Å². The molecular formula is C14H13ClN2O4S. The molecule has 0 bridgehead atoms. The Morgan fingerprint density at radius 2 is 1.95 bits per heavy atom. The molecule has 1 aromatic heterocycles. The summed E-state index contributed by atoms with van der Waals surface area (Å²) in [6.45, 7) is 3.20. The van der Waals surface area contributed by atoms with Crippen LogP contribution >= 0.6 is 22.9 Å². The first kappa shape index (κ1) is 16.3. The number of amides is 1. The van der Waals surface area contributed by atoms with Crippen LogP contribution in [0.5, 0.6) is 5.75 Å². The second kappa shape index (κ2) is 6.33. The number of carbonyl (C=O) groups excluding carboxylic acids is 1. The van der Waals surface area contributed by atoms with Gasteiger partial charge in [0.15, 0.2) is 10.7 Å². The Kier molecular flexibility index (Phi) is 4.68. The van der Waals surface area contributed by atoms with E-state index in [1.807, 2.05) is 0 Å². The van der Waals surface area contributed by atoms with E-state index in [2.05, 4.69) is 10.3 Å². The Balaban J connectivity index is 2.05. The Morgan fingerprint density at radius 1 is 1.32 bits per heavy atom. The first-order chi connectivity index (χ1) is 10.3. The lowest BCUT2D eigenvalue weighted by atomic mass is 10.1. The molecule has 0 unspecified atom stereocenters. The van der Waals surface area contributed by atoms with Crippen LogP contribution in [0.1, 0.15) is 24.2 Å². The van der Waals surface area contributed by atoms with Gasteiger partial charge in [0.1, 0.15) is 10.1 Å². The number of carboxylic acids is 1. The van der Waals surface area contributed by atoms with E-state index in [0.717, 1.165) is 11.3 Å². The quantitative estimate of drug-likeness (QED) is 0.871. The molecule has 2 rings (SSSR count). The topological polar surface area (TPSA) is 88.5 Å². The van der Waals surface area contributed by atoms with Crippen LogP contribution in [0.3, 0.4) is 0 Å². The number of aromatic carboxylic acids is 1. The van der Waals surface area contributed by atoms with Gasteiger partial charge in [-0.05, 0) is 38.1 Å². The fraction of sp³-hybridized carbons (Fsp3) is 0.214. The van der Waals surface area contributed by atoms with Crippen LogP contribution in [0.2, 0.25) is 4.34 Å². The third-order valence-corrected chi connectivity index (χ3v) is 3.75. The minimum Gasteiger partial charge on any atom is -0.478 e. The zero-order valence-electron chi connectivity index (χ0n) is 11.8. The number of thiazole rings is 1. The van der Waals surface area contributed by atoms with Crippen molar-refractivity contribution in [3.8, 4) is 5.75 Å². The molecule has 0 saturated carbocycles. The highest BCUT2D eigenvalue weighted by molar-refractivity contribution is 7.19. The highest BCUT2D eigenvalue weighted by Crippen LogP contribution is 2.25. The van der Waals surface area contributed by atoms with Gasteiger partial charge in [0.2, 0.25) is 0 Å². The average molecular weight is 341 g/mol. The summed E-state index contributed by atoms with van der Waals surface area (Å²) in [7, 11) is 0. The first-order valence-corrected chi connectivity index (χ1v) is 7.42. The van der Waals surface area contributed by atoms with Crippen molar-refractivity contribution in [1.82, 2.24) is 4.98 Å². The monoisotopic (exact) mass is 340 g/mol. The molecule has 1 aromatic carbocycles. The molecule has 0 radical (unpaired) electrons. The van der Waals surface area contributed by atoms with Gasteiger partial charge >= 0.3 is 5.97 Å². The normalized spacial score (nSPS) is 11.0. The lowest BCUT2D eigenvalue weighted by molar-refractivity contribution is -0.128. The standard InChI is InChI=1S/C14H13ClN2O4S/c1-14(2,12(20)17-13-16-7-10(15)22-13)21-9-5-3-8(4-6-9)11(18)19/h3-7H,1-2H3,(H,18,19)(H,16,17,20). The number of nitrogens with one attached hydrogen (secondary N) is 1. The number of rotatable bonds is 5. The van der Waals surface area contributed by atoms with Crippen LogP contribution in [0.25, 0.3) is 0 Å².